The Kier molecular flexibility index (Phi) is 3.09. The highest BCUT2D eigenvalue weighted by Crippen LogP contribution is 2.36. The Morgan fingerprint density at radius 2 is 2.47 bits per heavy atom. The number of hydrogen-bond donors (Lipinski definition) is 1. The van der Waals surface area contributed by atoms with Crippen LogP contribution in [0.25, 0.3) is 0 Å². The molecular weight excluding hydrogens is 210 g/mol. The average Bonchev–Trinajstić information content (AvgIpc) is 2.94. The Balaban J connectivity index is 1.92. The summed E-state index contributed by atoms with van der Waals surface area (Å²) in [5.41, 5.74) is 0. The lowest BCUT2D eigenvalue weighted by molar-refractivity contribution is 0.677. The van der Waals surface area contributed by atoms with E-state index in [1.165, 1.54) is 12.8 Å². The van der Waals surface area contributed by atoms with Gasteiger partial charge in [0.2, 0.25) is 5.95 Å². The van der Waals surface area contributed by atoms with Crippen molar-refractivity contribution in [2.45, 2.75) is 31.1 Å². The van der Waals surface area contributed by atoms with E-state index in [9.17, 15) is 4.21 Å². The van der Waals surface area contributed by atoms with Crippen molar-refractivity contribution in [3.05, 3.63) is 12.4 Å². The molecule has 0 bridgehead atoms. The summed E-state index contributed by atoms with van der Waals surface area (Å²) in [6.45, 7) is 2.69. The van der Waals surface area contributed by atoms with Gasteiger partial charge in [-0.25, -0.2) is 4.98 Å². The third-order valence-electron chi connectivity index (χ3n) is 2.72. The van der Waals surface area contributed by atoms with Gasteiger partial charge in [-0.1, -0.05) is 0 Å². The van der Waals surface area contributed by atoms with Crippen LogP contribution in [0.4, 0.5) is 5.95 Å². The maximum Gasteiger partial charge on any atom is 0.203 e. The molecule has 1 aliphatic rings. The van der Waals surface area contributed by atoms with Crippen molar-refractivity contribution in [1.82, 2.24) is 9.55 Å². The molecule has 2 rings (SSSR count). The molecule has 5 heteroatoms. The lowest BCUT2D eigenvalue weighted by Crippen LogP contribution is -2.22. The number of rotatable bonds is 5. The SMILES string of the molecule is CC(CNc1nccn1C1CC1)S(C)=O. The first-order valence-electron chi connectivity index (χ1n) is 5.27. The maximum atomic E-state index is 11.2. The number of hydrogen-bond acceptors (Lipinski definition) is 3. The lowest BCUT2D eigenvalue weighted by atomic mass is 10.5. The number of imidazole rings is 1. The van der Waals surface area contributed by atoms with Crippen molar-refractivity contribution in [2.24, 2.45) is 0 Å². The molecule has 0 aliphatic heterocycles. The fraction of sp³-hybridized carbons (Fsp3) is 0.700. The summed E-state index contributed by atoms with van der Waals surface area (Å²) in [5.74, 6) is 0.912. The van der Waals surface area contributed by atoms with Crippen LogP contribution in [0.2, 0.25) is 0 Å². The second-order valence-corrected chi connectivity index (χ2v) is 5.88. The quantitative estimate of drug-likeness (QED) is 0.827. The van der Waals surface area contributed by atoms with E-state index in [0.29, 0.717) is 12.6 Å². The molecule has 84 valence electrons. The predicted molar refractivity (Wildman–Crippen MR) is 62.5 cm³/mol. The highest BCUT2D eigenvalue weighted by Gasteiger charge is 2.25. The van der Waals surface area contributed by atoms with Crippen LogP contribution in [0.1, 0.15) is 25.8 Å². The summed E-state index contributed by atoms with van der Waals surface area (Å²) in [6, 6.07) is 0.637. The highest BCUT2D eigenvalue weighted by atomic mass is 32.2. The molecule has 0 saturated heterocycles. The minimum Gasteiger partial charge on any atom is -0.354 e. The fourth-order valence-corrected chi connectivity index (χ4v) is 1.77. The summed E-state index contributed by atoms with van der Waals surface area (Å²) >= 11 is 0. The molecule has 15 heavy (non-hydrogen) atoms. The fourth-order valence-electron chi connectivity index (χ4n) is 1.45. The van der Waals surface area contributed by atoms with Gasteiger partial charge in [0, 0.05) is 47.3 Å². The Bertz CT molecular complexity index is 359. The zero-order valence-electron chi connectivity index (χ0n) is 9.14. The molecule has 1 aliphatic carbocycles. The third-order valence-corrected chi connectivity index (χ3v) is 4.02. The summed E-state index contributed by atoms with van der Waals surface area (Å²) in [4.78, 5) is 4.26. The Labute approximate surface area is 92.5 Å². The van der Waals surface area contributed by atoms with Gasteiger partial charge in [0.05, 0.1) is 0 Å². The number of nitrogens with one attached hydrogen (secondary N) is 1. The van der Waals surface area contributed by atoms with E-state index in [2.05, 4.69) is 14.9 Å². The zero-order valence-corrected chi connectivity index (χ0v) is 9.96. The molecule has 2 atom stereocenters. The van der Waals surface area contributed by atoms with Crippen LogP contribution in [0, 0.1) is 0 Å². The van der Waals surface area contributed by atoms with Crippen LogP contribution in [0.5, 0.6) is 0 Å². The van der Waals surface area contributed by atoms with Gasteiger partial charge in [0.1, 0.15) is 0 Å². The van der Waals surface area contributed by atoms with E-state index in [1.807, 2.05) is 19.3 Å². The van der Waals surface area contributed by atoms with Gasteiger partial charge in [0.25, 0.3) is 0 Å². The lowest BCUT2D eigenvalue weighted by Gasteiger charge is -2.11. The van der Waals surface area contributed by atoms with E-state index in [0.717, 1.165) is 5.95 Å². The molecule has 0 amide bonds. The molecule has 1 aromatic rings. The van der Waals surface area contributed by atoms with Crippen molar-refractivity contribution in [1.29, 1.82) is 0 Å². The second-order valence-electron chi connectivity index (χ2n) is 4.08. The Hall–Kier alpha value is -0.840. The van der Waals surface area contributed by atoms with E-state index in [4.69, 9.17) is 0 Å². The van der Waals surface area contributed by atoms with Crippen LogP contribution >= 0.6 is 0 Å². The summed E-state index contributed by atoms with van der Waals surface area (Å²) in [5, 5.41) is 3.42. The van der Waals surface area contributed by atoms with Crippen molar-refractivity contribution < 1.29 is 4.21 Å². The first kappa shape index (κ1) is 10.7. The summed E-state index contributed by atoms with van der Waals surface area (Å²) in [6.07, 6.45) is 8.06. The van der Waals surface area contributed by atoms with Crippen LogP contribution in [0.3, 0.4) is 0 Å². The minimum atomic E-state index is -0.773. The zero-order chi connectivity index (χ0) is 10.8. The van der Waals surface area contributed by atoms with E-state index < -0.39 is 10.8 Å². The molecule has 1 aromatic heterocycles. The van der Waals surface area contributed by atoms with Crippen LogP contribution in [-0.2, 0) is 10.8 Å². The van der Waals surface area contributed by atoms with Crippen molar-refractivity contribution in [2.75, 3.05) is 18.1 Å². The summed E-state index contributed by atoms with van der Waals surface area (Å²) in [7, 11) is -0.773. The number of nitrogens with zero attached hydrogens (tertiary/aromatic N) is 2. The van der Waals surface area contributed by atoms with Gasteiger partial charge in [-0.05, 0) is 19.8 Å². The Morgan fingerprint density at radius 3 is 3.07 bits per heavy atom. The molecule has 2 unspecified atom stereocenters. The Morgan fingerprint density at radius 1 is 1.73 bits per heavy atom. The highest BCUT2D eigenvalue weighted by molar-refractivity contribution is 7.84. The molecule has 4 nitrogen and oxygen atoms in total. The first-order valence-corrected chi connectivity index (χ1v) is 6.89. The molecule has 1 heterocycles. The van der Waals surface area contributed by atoms with Gasteiger partial charge in [-0.3, -0.25) is 4.21 Å². The molecule has 1 fully saturated rings. The number of anilines is 1. The molecule has 0 aromatic carbocycles. The van der Waals surface area contributed by atoms with Crippen molar-refractivity contribution in [3.8, 4) is 0 Å². The first-order chi connectivity index (χ1) is 7.18. The van der Waals surface area contributed by atoms with Crippen LogP contribution < -0.4 is 5.32 Å². The van der Waals surface area contributed by atoms with Crippen molar-refractivity contribution >= 4 is 16.7 Å². The largest absolute Gasteiger partial charge is 0.354 e. The standard InChI is InChI=1S/C10H17N3OS/c1-8(15(2)14)7-12-10-11-5-6-13(10)9-3-4-9/h5-6,8-9H,3-4,7H2,1-2H3,(H,11,12). The predicted octanol–water partition coefficient (Wildman–Crippen LogP) is 1.40. The van der Waals surface area contributed by atoms with E-state index in [1.54, 1.807) is 6.26 Å². The molecule has 0 spiro atoms. The smallest absolute Gasteiger partial charge is 0.203 e. The monoisotopic (exact) mass is 227 g/mol. The van der Waals surface area contributed by atoms with Crippen LogP contribution in [0.15, 0.2) is 12.4 Å². The topological polar surface area (TPSA) is 46.9 Å². The third kappa shape index (κ3) is 2.59. The normalized spacial score (nSPS) is 19.9. The average molecular weight is 227 g/mol. The van der Waals surface area contributed by atoms with Gasteiger partial charge in [0.15, 0.2) is 0 Å². The molecular formula is C10H17N3OS. The molecule has 0 radical (unpaired) electrons. The summed E-state index contributed by atoms with van der Waals surface area (Å²) < 4.78 is 13.4. The van der Waals surface area contributed by atoms with Gasteiger partial charge < -0.3 is 9.88 Å². The van der Waals surface area contributed by atoms with Gasteiger partial charge in [-0.2, -0.15) is 0 Å². The minimum absolute atomic E-state index is 0.161. The van der Waals surface area contributed by atoms with Gasteiger partial charge in [-0.15, -0.1) is 0 Å². The van der Waals surface area contributed by atoms with E-state index in [-0.39, 0.29) is 5.25 Å². The molecule has 1 N–H and O–H groups in total. The second kappa shape index (κ2) is 4.35. The van der Waals surface area contributed by atoms with Crippen molar-refractivity contribution in [3.63, 3.8) is 0 Å². The van der Waals surface area contributed by atoms with E-state index >= 15 is 0 Å². The van der Waals surface area contributed by atoms with Gasteiger partial charge >= 0.3 is 0 Å². The number of aromatic nitrogens is 2. The molecule has 1 saturated carbocycles. The maximum absolute atomic E-state index is 11.2. The van der Waals surface area contributed by atoms with Crippen LogP contribution in [-0.4, -0.2) is 31.8 Å².